The monoisotopic (exact) mass is 336 g/mol. The third kappa shape index (κ3) is 6.96. The van der Waals surface area contributed by atoms with E-state index in [1.54, 1.807) is 12.2 Å². The van der Waals surface area contributed by atoms with Crippen LogP contribution >= 0.6 is 0 Å². The molecule has 0 bridgehead atoms. The summed E-state index contributed by atoms with van der Waals surface area (Å²) in [6, 6.07) is 19.7. The second kappa shape index (κ2) is 10.7. The van der Waals surface area contributed by atoms with Gasteiger partial charge in [-0.3, -0.25) is 0 Å². The molecule has 0 radical (unpaired) electrons. The van der Waals surface area contributed by atoms with Gasteiger partial charge in [0.2, 0.25) is 12.2 Å². The molecule has 25 heavy (non-hydrogen) atoms. The van der Waals surface area contributed by atoms with Gasteiger partial charge in [0.15, 0.2) is 0 Å². The Labute approximate surface area is 147 Å². The lowest BCUT2D eigenvalue weighted by Gasteiger charge is -2.20. The van der Waals surface area contributed by atoms with Crippen molar-refractivity contribution < 1.29 is 14.3 Å². The van der Waals surface area contributed by atoms with Crippen molar-refractivity contribution in [2.45, 2.75) is 37.8 Å². The van der Waals surface area contributed by atoms with Gasteiger partial charge in [0.1, 0.15) is 11.5 Å². The Morgan fingerprint density at radius 3 is 1.36 bits per heavy atom. The molecule has 0 amide bonds. The molecule has 0 atom stereocenters. The van der Waals surface area contributed by atoms with E-state index in [-0.39, 0.29) is 12.1 Å². The molecule has 2 aromatic carbocycles. The maximum absolute atomic E-state index is 9.90. The molecule has 0 saturated heterocycles. The van der Waals surface area contributed by atoms with Crippen LogP contribution in [0.25, 0.3) is 0 Å². The summed E-state index contributed by atoms with van der Waals surface area (Å²) in [4.78, 5) is 27.1. The number of hydrogen-bond donors (Lipinski definition) is 0. The fraction of sp³-hybridized carbons (Fsp3) is 0.300. The van der Waals surface area contributed by atoms with Crippen LogP contribution in [0, 0.1) is 0 Å². The highest BCUT2D eigenvalue weighted by molar-refractivity contribution is 5.34. The number of ether oxygens (including phenoxy) is 1. The number of carbonyl (C=O) groups excluding carboxylic acids is 2. The zero-order valence-electron chi connectivity index (χ0n) is 13.9. The molecule has 3 rings (SSSR count). The zero-order chi connectivity index (χ0) is 17.7. The van der Waals surface area contributed by atoms with Crippen LogP contribution in [0.1, 0.15) is 25.7 Å². The van der Waals surface area contributed by atoms with E-state index in [1.807, 2.05) is 60.7 Å². The van der Waals surface area contributed by atoms with Crippen LogP contribution in [-0.4, -0.2) is 24.2 Å². The van der Waals surface area contributed by atoms with Crippen molar-refractivity contribution in [1.29, 1.82) is 0 Å². The number of hydrogen-bond acceptors (Lipinski definition) is 5. The molecule has 1 fully saturated rings. The fourth-order valence-electron chi connectivity index (χ4n) is 2.58. The number of aliphatic imine (C=N–C) groups is 2. The molecular weight excluding hydrogens is 316 g/mol. The molecule has 0 N–H and O–H groups in total. The van der Waals surface area contributed by atoms with Gasteiger partial charge in [0.05, 0.1) is 12.1 Å². The summed E-state index contributed by atoms with van der Waals surface area (Å²) < 4.78 is 5.58. The first kappa shape index (κ1) is 18.3. The van der Waals surface area contributed by atoms with Gasteiger partial charge in [-0.1, -0.05) is 36.4 Å². The highest BCUT2D eigenvalue weighted by Gasteiger charge is 2.19. The molecule has 0 aromatic heterocycles. The van der Waals surface area contributed by atoms with Crippen LogP contribution < -0.4 is 4.74 Å². The standard InChI is InChI=1S/C12H10O.C8H10N2O2/c1-3-7-11(8-4-1)13-12-9-5-2-6-10-12;11-5-9-7-1-2-8(4-3-7)10-6-12/h1-10H;7-8H,1-4H2. The first-order valence-electron chi connectivity index (χ1n) is 8.23. The summed E-state index contributed by atoms with van der Waals surface area (Å²) in [6.45, 7) is 0. The molecule has 0 spiro atoms. The second-order valence-corrected chi connectivity index (χ2v) is 5.63. The molecule has 0 heterocycles. The van der Waals surface area contributed by atoms with Crippen molar-refractivity contribution in [2.75, 3.05) is 0 Å². The number of isocyanates is 2. The third-order valence-electron chi connectivity index (χ3n) is 3.86. The van der Waals surface area contributed by atoms with Gasteiger partial charge in [0.25, 0.3) is 0 Å². The van der Waals surface area contributed by atoms with Gasteiger partial charge >= 0.3 is 0 Å². The second-order valence-electron chi connectivity index (χ2n) is 5.63. The summed E-state index contributed by atoms with van der Waals surface area (Å²) >= 11 is 0. The minimum Gasteiger partial charge on any atom is -0.457 e. The summed E-state index contributed by atoms with van der Waals surface area (Å²) in [7, 11) is 0. The Balaban J connectivity index is 0.000000181. The molecule has 5 nitrogen and oxygen atoms in total. The van der Waals surface area contributed by atoms with Crippen LogP contribution in [0.4, 0.5) is 0 Å². The van der Waals surface area contributed by atoms with Gasteiger partial charge in [-0.15, -0.1) is 0 Å². The van der Waals surface area contributed by atoms with Crippen molar-refractivity contribution in [3.05, 3.63) is 60.7 Å². The quantitative estimate of drug-likeness (QED) is 0.612. The van der Waals surface area contributed by atoms with Gasteiger partial charge < -0.3 is 4.74 Å². The normalized spacial score (nSPS) is 18.6. The van der Waals surface area contributed by atoms with E-state index in [2.05, 4.69) is 9.98 Å². The van der Waals surface area contributed by atoms with Crippen molar-refractivity contribution in [3.63, 3.8) is 0 Å². The first-order valence-corrected chi connectivity index (χ1v) is 8.23. The molecule has 0 unspecified atom stereocenters. The Morgan fingerprint density at radius 2 is 1.04 bits per heavy atom. The predicted molar refractivity (Wildman–Crippen MR) is 95.2 cm³/mol. The number of rotatable bonds is 4. The van der Waals surface area contributed by atoms with Crippen molar-refractivity contribution >= 4 is 12.2 Å². The van der Waals surface area contributed by atoms with E-state index in [0.717, 1.165) is 37.2 Å². The predicted octanol–water partition coefficient (Wildman–Crippen LogP) is 4.45. The maximum Gasteiger partial charge on any atom is 0.235 e. The van der Waals surface area contributed by atoms with E-state index in [1.165, 1.54) is 0 Å². The highest BCUT2D eigenvalue weighted by atomic mass is 16.5. The number of nitrogens with zero attached hydrogens (tertiary/aromatic N) is 2. The molecule has 1 saturated carbocycles. The molecule has 5 heteroatoms. The SMILES string of the molecule is O=C=NC1CCC(N=C=O)CC1.c1ccc(Oc2ccccc2)cc1. The average Bonchev–Trinajstić information content (AvgIpc) is 2.66. The fourth-order valence-corrected chi connectivity index (χ4v) is 2.58. The Hall–Kier alpha value is -3.00. The van der Waals surface area contributed by atoms with Gasteiger partial charge in [-0.05, 0) is 49.9 Å². The molecule has 1 aliphatic rings. The van der Waals surface area contributed by atoms with Gasteiger partial charge in [-0.25, -0.2) is 19.6 Å². The summed E-state index contributed by atoms with van der Waals surface area (Å²) in [5, 5.41) is 0. The maximum atomic E-state index is 9.90. The first-order chi connectivity index (χ1) is 12.3. The Bertz CT molecular complexity index is 650. The summed E-state index contributed by atoms with van der Waals surface area (Å²) in [5.74, 6) is 1.74. The van der Waals surface area contributed by atoms with Gasteiger partial charge in [0, 0.05) is 0 Å². The molecule has 128 valence electrons. The van der Waals surface area contributed by atoms with E-state index >= 15 is 0 Å². The molecule has 2 aromatic rings. The summed E-state index contributed by atoms with van der Waals surface area (Å²) in [6.07, 6.45) is 6.40. The number of para-hydroxylation sites is 2. The zero-order valence-corrected chi connectivity index (χ0v) is 13.9. The third-order valence-corrected chi connectivity index (χ3v) is 3.86. The minimum absolute atomic E-state index is 0.0978. The van der Waals surface area contributed by atoms with E-state index in [0.29, 0.717) is 0 Å². The van der Waals surface area contributed by atoms with Crippen LogP contribution in [0.3, 0.4) is 0 Å². The lowest BCUT2D eigenvalue weighted by Crippen LogP contribution is -2.19. The van der Waals surface area contributed by atoms with E-state index in [4.69, 9.17) is 4.74 Å². The van der Waals surface area contributed by atoms with E-state index in [9.17, 15) is 9.59 Å². The van der Waals surface area contributed by atoms with Crippen molar-refractivity contribution in [2.24, 2.45) is 9.98 Å². The Kier molecular flexibility index (Phi) is 7.86. The van der Waals surface area contributed by atoms with Crippen molar-refractivity contribution in [3.8, 4) is 11.5 Å². The minimum atomic E-state index is 0.0978. The van der Waals surface area contributed by atoms with Crippen LogP contribution in [0.15, 0.2) is 70.6 Å². The van der Waals surface area contributed by atoms with Crippen LogP contribution in [0.2, 0.25) is 0 Å². The van der Waals surface area contributed by atoms with Crippen molar-refractivity contribution in [1.82, 2.24) is 0 Å². The lowest BCUT2D eigenvalue weighted by molar-refractivity contribution is 0.394. The van der Waals surface area contributed by atoms with Crippen LogP contribution in [0.5, 0.6) is 11.5 Å². The highest BCUT2D eigenvalue weighted by Crippen LogP contribution is 2.22. The molecular formula is C20H20N2O3. The number of benzene rings is 2. The van der Waals surface area contributed by atoms with Gasteiger partial charge in [-0.2, -0.15) is 0 Å². The topological polar surface area (TPSA) is 68.1 Å². The van der Waals surface area contributed by atoms with E-state index < -0.39 is 0 Å². The Morgan fingerprint density at radius 1 is 0.680 bits per heavy atom. The molecule has 0 aliphatic heterocycles. The lowest BCUT2D eigenvalue weighted by atomic mass is 9.92. The van der Waals surface area contributed by atoms with Crippen LogP contribution in [-0.2, 0) is 9.59 Å². The largest absolute Gasteiger partial charge is 0.457 e. The summed E-state index contributed by atoms with van der Waals surface area (Å²) in [5.41, 5.74) is 0. The molecule has 1 aliphatic carbocycles. The average molecular weight is 336 g/mol. The smallest absolute Gasteiger partial charge is 0.235 e.